The molecule has 4 rings (SSSR count). The number of fused-ring (bicyclic) bond motifs is 3. The maximum absolute atomic E-state index is 12.8. The summed E-state index contributed by atoms with van der Waals surface area (Å²) in [6.07, 6.45) is 3.60. The number of nitrogens with zero attached hydrogens (tertiary/aromatic N) is 3. The fourth-order valence-electron chi connectivity index (χ4n) is 2.75. The standard InChI is InChI=1S/C19H16BrN3OS/c1-19(2,3)12-6-4-11(5-7-12)8-15-17(24)23-16-14(22-18(23)25-15)9-13(20)10-21-16/h4-10H,1-3H3/b15-8-. The SMILES string of the molecule is CC(C)(C)c1ccc(/C=c2\sc3nc4cc(Br)cnc4n3c2=O)cc1. The summed E-state index contributed by atoms with van der Waals surface area (Å²) in [5.41, 5.74) is 3.65. The fourth-order valence-corrected chi connectivity index (χ4v) is 4.04. The third-order valence-electron chi connectivity index (χ3n) is 4.12. The van der Waals surface area contributed by atoms with Crippen molar-refractivity contribution < 1.29 is 0 Å². The zero-order chi connectivity index (χ0) is 17.8. The Morgan fingerprint density at radius 3 is 2.60 bits per heavy atom. The van der Waals surface area contributed by atoms with Crippen LogP contribution in [-0.4, -0.2) is 14.4 Å². The molecule has 0 saturated heterocycles. The molecule has 126 valence electrons. The molecule has 3 heterocycles. The van der Waals surface area contributed by atoms with Crippen LogP contribution in [0.4, 0.5) is 0 Å². The molecule has 0 aliphatic carbocycles. The summed E-state index contributed by atoms with van der Waals surface area (Å²) >= 11 is 4.77. The Labute approximate surface area is 157 Å². The molecule has 0 fully saturated rings. The minimum absolute atomic E-state index is 0.0720. The number of aromatic nitrogens is 3. The van der Waals surface area contributed by atoms with E-state index in [-0.39, 0.29) is 11.0 Å². The van der Waals surface area contributed by atoms with Crippen LogP contribution in [-0.2, 0) is 5.41 Å². The average Bonchev–Trinajstić information content (AvgIpc) is 3.03. The number of halogens is 1. The minimum atomic E-state index is -0.0720. The van der Waals surface area contributed by atoms with Gasteiger partial charge in [-0.15, -0.1) is 0 Å². The Balaban J connectivity index is 1.85. The monoisotopic (exact) mass is 413 g/mol. The van der Waals surface area contributed by atoms with Gasteiger partial charge in [-0.05, 0) is 44.6 Å². The highest BCUT2D eigenvalue weighted by molar-refractivity contribution is 9.10. The lowest BCUT2D eigenvalue weighted by Crippen LogP contribution is -2.23. The van der Waals surface area contributed by atoms with Gasteiger partial charge in [0.2, 0.25) is 0 Å². The Morgan fingerprint density at radius 1 is 1.20 bits per heavy atom. The van der Waals surface area contributed by atoms with Gasteiger partial charge in [-0.3, -0.25) is 4.79 Å². The van der Waals surface area contributed by atoms with Crippen molar-refractivity contribution in [3.05, 3.63) is 67.0 Å². The number of pyridine rings is 1. The van der Waals surface area contributed by atoms with Gasteiger partial charge in [0.15, 0.2) is 10.6 Å². The van der Waals surface area contributed by atoms with Crippen LogP contribution in [0.1, 0.15) is 31.9 Å². The second kappa shape index (κ2) is 5.75. The molecule has 0 amide bonds. The van der Waals surface area contributed by atoms with Gasteiger partial charge in [-0.1, -0.05) is 56.4 Å². The first-order valence-electron chi connectivity index (χ1n) is 7.92. The van der Waals surface area contributed by atoms with Crippen LogP contribution < -0.4 is 10.1 Å². The highest BCUT2D eigenvalue weighted by Gasteiger charge is 2.14. The van der Waals surface area contributed by atoms with Gasteiger partial charge in [-0.25, -0.2) is 14.4 Å². The van der Waals surface area contributed by atoms with E-state index in [1.165, 1.54) is 16.9 Å². The first-order valence-corrected chi connectivity index (χ1v) is 9.53. The largest absolute Gasteiger partial charge is 0.276 e. The van der Waals surface area contributed by atoms with Crippen LogP contribution in [0.25, 0.3) is 22.2 Å². The predicted molar refractivity (Wildman–Crippen MR) is 106 cm³/mol. The minimum Gasteiger partial charge on any atom is -0.267 e. The zero-order valence-corrected chi connectivity index (χ0v) is 16.5. The highest BCUT2D eigenvalue weighted by Crippen LogP contribution is 2.22. The first kappa shape index (κ1) is 16.4. The van der Waals surface area contributed by atoms with Gasteiger partial charge < -0.3 is 0 Å². The summed E-state index contributed by atoms with van der Waals surface area (Å²) in [5.74, 6) is 0. The van der Waals surface area contributed by atoms with Crippen molar-refractivity contribution in [3.63, 3.8) is 0 Å². The van der Waals surface area contributed by atoms with Crippen molar-refractivity contribution in [1.29, 1.82) is 0 Å². The molecule has 4 nitrogen and oxygen atoms in total. The maximum atomic E-state index is 12.8. The lowest BCUT2D eigenvalue weighted by atomic mass is 9.87. The van der Waals surface area contributed by atoms with E-state index < -0.39 is 0 Å². The van der Waals surface area contributed by atoms with E-state index in [4.69, 9.17) is 0 Å². The molecule has 0 N–H and O–H groups in total. The van der Waals surface area contributed by atoms with Crippen LogP contribution >= 0.6 is 27.3 Å². The average molecular weight is 414 g/mol. The van der Waals surface area contributed by atoms with Gasteiger partial charge in [0.1, 0.15) is 5.52 Å². The molecule has 1 aromatic carbocycles. The second-order valence-electron chi connectivity index (χ2n) is 7.01. The summed E-state index contributed by atoms with van der Waals surface area (Å²) in [7, 11) is 0. The molecule has 6 heteroatoms. The highest BCUT2D eigenvalue weighted by atomic mass is 79.9. The maximum Gasteiger partial charge on any atom is 0.276 e. The first-order chi connectivity index (χ1) is 11.8. The van der Waals surface area contributed by atoms with Crippen molar-refractivity contribution in [2.75, 3.05) is 0 Å². The van der Waals surface area contributed by atoms with Crippen LogP contribution in [0.15, 0.2) is 45.8 Å². The smallest absolute Gasteiger partial charge is 0.267 e. The van der Waals surface area contributed by atoms with Crippen molar-refractivity contribution in [3.8, 4) is 0 Å². The molecule has 0 atom stereocenters. The molecule has 0 aliphatic heterocycles. The molecule has 25 heavy (non-hydrogen) atoms. The van der Waals surface area contributed by atoms with E-state index in [2.05, 4.69) is 70.9 Å². The van der Waals surface area contributed by atoms with Gasteiger partial charge in [-0.2, -0.15) is 0 Å². The van der Waals surface area contributed by atoms with Gasteiger partial charge >= 0.3 is 0 Å². The van der Waals surface area contributed by atoms with Crippen LogP contribution in [0.2, 0.25) is 0 Å². The molecule has 0 bridgehead atoms. The number of imidazole rings is 1. The molecule has 0 unspecified atom stereocenters. The van der Waals surface area contributed by atoms with E-state index in [1.807, 2.05) is 12.1 Å². The molecule has 4 aromatic rings. The van der Waals surface area contributed by atoms with E-state index >= 15 is 0 Å². The lowest BCUT2D eigenvalue weighted by molar-refractivity contribution is 0.590. The number of rotatable bonds is 1. The summed E-state index contributed by atoms with van der Waals surface area (Å²) in [4.78, 5) is 22.3. The molecular formula is C19H16BrN3OS. The third-order valence-corrected chi connectivity index (χ3v) is 5.53. The Kier molecular flexibility index (Phi) is 3.77. The number of benzene rings is 1. The van der Waals surface area contributed by atoms with E-state index in [9.17, 15) is 4.79 Å². The summed E-state index contributed by atoms with van der Waals surface area (Å²) in [6, 6.07) is 10.2. The summed E-state index contributed by atoms with van der Waals surface area (Å²) < 4.78 is 3.10. The van der Waals surface area contributed by atoms with Crippen molar-refractivity contribution >= 4 is 49.5 Å². The van der Waals surface area contributed by atoms with Gasteiger partial charge in [0, 0.05) is 10.7 Å². The predicted octanol–water partition coefficient (Wildman–Crippen LogP) is 3.91. The fraction of sp³-hybridized carbons (Fsp3) is 0.211. The summed E-state index contributed by atoms with van der Waals surface area (Å²) in [6.45, 7) is 6.56. The number of hydrogen-bond acceptors (Lipinski definition) is 4. The second-order valence-corrected chi connectivity index (χ2v) is 8.94. The van der Waals surface area contributed by atoms with E-state index in [1.54, 1.807) is 10.6 Å². The number of hydrogen-bond donors (Lipinski definition) is 0. The van der Waals surface area contributed by atoms with Gasteiger partial charge in [0.25, 0.3) is 5.56 Å². The molecular weight excluding hydrogens is 398 g/mol. The van der Waals surface area contributed by atoms with Crippen molar-refractivity contribution in [1.82, 2.24) is 14.4 Å². The molecule has 0 aliphatic rings. The normalized spacial score (nSPS) is 13.2. The Bertz CT molecular complexity index is 1200. The zero-order valence-electron chi connectivity index (χ0n) is 14.1. The van der Waals surface area contributed by atoms with Crippen LogP contribution in [0.5, 0.6) is 0 Å². The van der Waals surface area contributed by atoms with Crippen LogP contribution in [0, 0.1) is 0 Å². The van der Waals surface area contributed by atoms with Gasteiger partial charge in [0.05, 0.1) is 4.53 Å². The molecule has 0 spiro atoms. The Morgan fingerprint density at radius 2 is 1.92 bits per heavy atom. The van der Waals surface area contributed by atoms with E-state index in [0.717, 1.165) is 15.6 Å². The third kappa shape index (κ3) is 2.89. The molecule has 0 saturated carbocycles. The quantitative estimate of drug-likeness (QED) is 0.475. The van der Waals surface area contributed by atoms with Crippen molar-refractivity contribution in [2.45, 2.75) is 26.2 Å². The van der Waals surface area contributed by atoms with Crippen molar-refractivity contribution in [2.24, 2.45) is 0 Å². The number of thiazole rings is 1. The topological polar surface area (TPSA) is 47.3 Å². The molecule has 3 aromatic heterocycles. The lowest BCUT2D eigenvalue weighted by Gasteiger charge is -2.18. The summed E-state index contributed by atoms with van der Waals surface area (Å²) in [5, 5.41) is 0. The Hall–Kier alpha value is -2.05. The van der Waals surface area contributed by atoms with E-state index in [0.29, 0.717) is 15.1 Å². The van der Waals surface area contributed by atoms with Crippen LogP contribution in [0.3, 0.4) is 0 Å². The molecule has 0 radical (unpaired) electrons.